The van der Waals surface area contributed by atoms with E-state index >= 15 is 0 Å². The van der Waals surface area contributed by atoms with Gasteiger partial charge in [0.2, 0.25) is 5.91 Å². The number of benzene rings is 1. The average molecular weight is 286 g/mol. The van der Waals surface area contributed by atoms with Crippen molar-refractivity contribution in [2.24, 2.45) is 0 Å². The summed E-state index contributed by atoms with van der Waals surface area (Å²) in [7, 11) is 0. The molecule has 0 aromatic heterocycles. The first-order chi connectivity index (χ1) is 9.08. The van der Waals surface area contributed by atoms with Gasteiger partial charge in [-0.05, 0) is 44.4 Å². The second kappa shape index (κ2) is 4.40. The van der Waals surface area contributed by atoms with Crippen molar-refractivity contribution < 1.29 is 18.0 Å². The van der Waals surface area contributed by atoms with Crippen molar-refractivity contribution in [1.82, 2.24) is 5.32 Å². The molecular formula is C14H17F3N2O. The van der Waals surface area contributed by atoms with Gasteiger partial charge in [-0.1, -0.05) is 12.1 Å². The molecule has 1 fully saturated rings. The normalized spacial score (nSPS) is 17.6. The molecule has 0 unspecified atom stereocenters. The molecule has 0 aliphatic heterocycles. The van der Waals surface area contributed by atoms with Crippen molar-refractivity contribution >= 4 is 11.6 Å². The van der Waals surface area contributed by atoms with Crippen molar-refractivity contribution in [2.75, 3.05) is 5.73 Å². The Hall–Kier alpha value is -1.72. The molecule has 0 radical (unpaired) electrons. The maximum absolute atomic E-state index is 12.9. The number of rotatable bonds is 3. The molecule has 0 spiro atoms. The van der Waals surface area contributed by atoms with E-state index < -0.39 is 23.0 Å². The summed E-state index contributed by atoms with van der Waals surface area (Å²) in [6, 6.07) is 6.56. The van der Waals surface area contributed by atoms with Crippen molar-refractivity contribution in [3.63, 3.8) is 0 Å². The molecule has 1 amide bonds. The Morgan fingerprint density at radius 3 is 2.10 bits per heavy atom. The van der Waals surface area contributed by atoms with Crippen LogP contribution in [0.3, 0.4) is 0 Å². The summed E-state index contributed by atoms with van der Waals surface area (Å²) in [5, 5.41) is 2.17. The van der Waals surface area contributed by atoms with Gasteiger partial charge in [0.15, 0.2) is 0 Å². The van der Waals surface area contributed by atoms with Crippen molar-refractivity contribution in [3.8, 4) is 0 Å². The molecule has 1 saturated carbocycles. The van der Waals surface area contributed by atoms with Gasteiger partial charge in [0.05, 0.1) is 5.41 Å². The fraction of sp³-hybridized carbons (Fsp3) is 0.500. The van der Waals surface area contributed by atoms with Gasteiger partial charge >= 0.3 is 6.18 Å². The van der Waals surface area contributed by atoms with Crippen molar-refractivity contribution in [2.45, 2.75) is 43.8 Å². The van der Waals surface area contributed by atoms with E-state index in [-0.39, 0.29) is 12.8 Å². The zero-order chi connectivity index (χ0) is 15.2. The molecule has 3 nitrogen and oxygen atoms in total. The van der Waals surface area contributed by atoms with E-state index in [0.717, 1.165) is 0 Å². The van der Waals surface area contributed by atoms with Crippen LogP contribution in [0.15, 0.2) is 24.3 Å². The van der Waals surface area contributed by atoms with E-state index in [9.17, 15) is 18.0 Å². The molecule has 110 valence electrons. The van der Waals surface area contributed by atoms with Gasteiger partial charge in [-0.2, -0.15) is 13.2 Å². The lowest BCUT2D eigenvalue weighted by atomic mass is 9.83. The Bertz CT molecular complexity index is 516. The number of nitrogen functional groups attached to an aromatic ring is 1. The number of carbonyl (C=O) groups is 1. The van der Waals surface area contributed by atoms with Crippen LogP contribution in [0, 0.1) is 0 Å². The fourth-order valence-electron chi connectivity index (χ4n) is 2.01. The smallest absolute Gasteiger partial charge is 0.399 e. The SMILES string of the molecule is CC(C)(C(=O)NC1(C(F)(F)F)CC1)c1ccc(N)cc1. The summed E-state index contributed by atoms with van der Waals surface area (Å²) in [5.74, 6) is -0.628. The van der Waals surface area contributed by atoms with Gasteiger partial charge in [0.25, 0.3) is 0 Å². The highest BCUT2D eigenvalue weighted by Crippen LogP contribution is 2.49. The van der Waals surface area contributed by atoms with E-state index in [4.69, 9.17) is 5.73 Å². The maximum Gasteiger partial charge on any atom is 0.411 e. The topological polar surface area (TPSA) is 55.1 Å². The predicted molar refractivity (Wildman–Crippen MR) is 70.0 cm³/mol. The van der Waals surface area contributed by atoms with Gasteiger partial charge in [-0.3, -0.25) is 4.79 Å². The van der Waals surface area contributed by atoms with Crippen LogP contribution in [-0.2, 0) is 10.2 Å². The monoisotopic (exact) mass is 286 g/mol. The standard InChI is InChI=1S/C14H17F3N2O/c1-12(2,9-3-5-10(18)6-4-9)11(20)19-13(7-8-13)14(15,16)17/h3-6H,7-8,18H2,1-2H3,(H,19,20). The van der Waals surface area contributed by atoms with Crippen LogP contribution in [0.4, 0.5) is 18.9 Å². The van der Waals surface area contributed by atoms with Crippen molar-refractivity contribution in [1.29, 1.82) is 0 Å². The minimum absolute atomic E-state index is 0.0555. The second-order valence-corrected chi connectivity index (χ2v) is 5.78. The lowest BCUT2D eigenvalue weighted by Gasteiger charge is -2.29. The molecule has 6 heteroatoms. The van der Waals surface area contributed by atoms with E-state index in [1.807, 2.05) is 0 Å². The first kappa shape index (κ1) is 14.7. The molecule has 1 aliphatic rings. The number of hydrogen-bond donors (Lipinski definition) is 2. The Morgan fingerprint density at radius 2 is 1.70 bits per heavy atom. The molecule has 1 aromatic rings. The third-order valence-electron chi connectivity index (χ3n) is 3.85. The van der Waals surface area contributed by atoms with Gasteiger partial charge in [-0.15, -0.1) is 0 Å². The summed E-state index contributed by atoms with van der Waals surface area (Å²) >= 11 is 0. The molecule has 0 heterocycles. The number of nitrogens with one attached hydrogen (secondary N) is 1. The van der Waals surface area contributed by atoms with Crippen LogP contribution in [0.25, 0.3) is 0 Å². The Morgan fingerprint density at radius 1 is 1.20 bits per heavy atom. The lowest BCUT2D eigenvalue weighted by molar-refractivity contribution is -0.171. The Kier molecular flexibility index (Phi) is 3.23. The molecule has 1 aromatic carbocycles. The highest BCUT2D eigenvalue weighted by molar-refractivity contribution is 5.88. The molecule has 0 bridgehead atoms. The van der Waals surface area contributed by atoms with Gasteiger partial charge in [-0.25, -0.2) is 0 Å². The quantitative estimate of drug-likeness (QED) is 0.839. The molecule has 1 aliphatic carbocycles. The third kappa shape index (κ3) is 2.46. The highest BCUT2D eigenvalue weighted by atomic mass is 19.4. The first-order valence-electron chi connectivity index (χ1n) is 6.34. The average Bonchev–Trinajstić information content (AvgIpc) is 3.10. The second-order valence-electron chi connectivity index (χ2n) is 5.78. The first-order valence-corrected chi connectivity index (χ1v) is 6.34. The largest absolute Gasteiger partial charge is 0.411 e. The summed E-state index contributed by atoms with van der Waals surface area (Å²) in [4.78, 5) is 12.2. The Labute approximate surface area is 115 Å². The fourth-order valence-corrected chi connectivity index (χ4v) is 2.01. The van der Waals surface area contributed by atoms with E-state index in [1.165, 1.54) is 0 Å². The van der Waals surface area contributed by atoms with Crippen LogP contribution in [0.2, 0.25) is 0 Å². The molecule has 2 rings (SSSR count). The summed E-state index contributed by atoms with van der Waals surface area (Å²) < 4.78 is 38.6. The van der Waals surface area contributed by atoms with Crippen LogP contribution in [0.5, 0.6) is 0 Å². The van der Waals surface area contributed by atoms with Crippen LogP contribution in [0.1, 0.15) is 32.3 Å². The number of halogens is 3. The number of alkyl halides is 3. The number of carbonyl (C=O) groups excluding carboxylic acids is 1. The van der Waals surface area contributed by atoms with E-state index in [1.54, 1.807) is 38.1 Å². The van der Waals surface area contributed by atoms with Crippen LogP contribution in [-0.4, -0.2) is 17.6 Å². The van der Waals surface area contributed by atoms with Gasteiger partial charge in [0, 0.05) is 5.69 Å². The zero-order valence-corrected chi connectivity index (χ0v) is 11.3. The Balaban J connectivity index is 2.18. The number of hydrogen-bond acceptors (Lipinski definition) is 2. The maximum atomic E-state index is 12.9. The summed E-state index contributed by atoms with van der Waals surface area (Å²) in [6.45, 7) is 3.20. The number of anilines is 1. The molecule has 20 heavy (non-hydrogen) atoms. The summed E-state index contributed by atoms with van der Waals surface area (Å²) in [5.41, 5.74) is 3.65. The zero-order valence-electron chi connectivity index (χ0n) is 11.3. The van der Waals surface area contributed by atoms with Gasteiger partial charge in [0.1, 0.15) is 5.54 Å². The highest BCUT2D eigenvalue weighted by Gasteiger charge is 2.64. The minimum atomic E-state index is -4.40. The van der Waals surface area contributed by atoms with Crippen LogP contribution < -0.4 is 11.1 Å². The van der Waals surface area contributed by atoms with E-state index in [2.05, 4.69) is 5.32 Å². The predicted octanol–water partition coefficient (Wildman–Crippen LogP) is 2.76. The number of amides is 1. The van der Waals surface area contributed by atoms with Gasteiger partial charge < -0.3 is 11.1 Å². The number of nitrogens with two attached hydrogens (primary N) is 1. The summed E-state index contributed by atoms with van der Waals surface area (Å²) in [6.07, 6.45) is -4.51. The minimum Gasteiger partial charge on any atom is -0.399 e. The van der Waals surface area contributed by atoms with Crippen LogP contribution >= 0.6 is 0 Å². The van der Waals surface area contributed by atoms with Crippen molar-refractivity contribution in [3.05, 3.63) is 29.8 Å². The third-order valence-corrected chi connectivity index (χ3v) is 3.85. The molecular weight excluding hydrogens is 269 g/mol. The molecule has 3 N–H and O–H groups in total. The van der Waals surface area contributed by atoms with E-state index in [0.29, 0.717) is 11.3 Å². The lowest BCUT2D eigenvalue weighted by Crippen LogP contribution is -2.53. The molecule has 0 atom stereocenters. The molecule has 0 saturated heterocycles.